The first-order valence-electron chi connectivity index (χ1n) is 9.12. The number of nitrogens with one attached hydrogen (secondary N) is 1. The van der Waals surface area contributed by atoms with E-state index >= 15 is 0 Å². The number of hydrogen-bond donors (Lipinski definition) is 2. The topological polar surface area (TPSA) is 56.5 Å². The number of nitrogens with two attached hydrogens (primary N) is 1. The normalized spacial score (nSPS) is 10.5. The summed E-state index contributed by atoms with van der Waals surface area (Å²) in [6.45, 7) is 1.39. The average molecular weight is 381 g/mol. The maximum atomic E-state index is 5.86. The molecule has 27 heavy (non-hydrogen) atoms. The molecular formula is C22H24N2O2S. The number of unbranched alkanes of at least 4 members (excludes halogenated alkanes) is 2. The first-order chi connectivity index (χ1) is 13.2. The van der Waals surface area contributed by atoms with E-state index in [2.05, 4.69) is 29.6 Å². The number of thiocarbonyl (C=S) groups is 1. The lowest BCUT2D eigenvalue weighted by atomic mass is 10.1. The summed E-state index contributed by atoms with van der Waals surface area (Å²) in [6.07, 6.45) is 3.03. The molecule has 4 nitrogen and oxygen atoms in total. The van der Waals surface area contributed by atoms with E-state index in [4.69, 9.17) is 27.4 Å². The molecule has 0 bridgehead atoms. The van der Waals surface area contributed by atoms with Crippen LogP contribution in [0, 0.1) is 0 Å². The minimum atomic E-state index is 0.249. The van der Waals surface area contributed by atoms with Gasteiger partial charge in [0.05, 0.1) is 13.2 Å². The summed E-state index contributed by atoms with van der Waals surface area (Å²) < 4.78 is 11.6. The second-order valence-electron chi connectivity index (χ2n) is 6.28. The van der Waals surface area contributed by atoms with E-state index in [1.807, 2.05) is 42.5 Å². The van der Waals surface area contributed by atoms with Crippen LogP contribution in [0.25, 0.3) is 10.8 Å². The van der Waals surface area contributed by atoms with E-state index in [0.717, 1.165) is 36.4 Å². The minimum absolute atomic E-state index is 0.249. The van der Waals surface area contributed by atoms with Gasteiger partial charge in [0.25, 0.3) is 0 Å². The molecule has 3 rings (SSSR count). The molecule has 0 fully saturated rings. The molecule has 0 aliphatic carbocycles. The lowest BCUT2D eigenvalue weighted by Gasteiger charge is -2.09. The van der Waals surface area contributed by atoms with Crippen molar-refractivity contribution in [2.75, 3.05) is 18.5 Å². The van der Waals surface area contributed by atoms with Gasteiger partial charge in [-0.1, -0.05) is 36.4 Å². The van der Waals surface area contributed by atoms with Gasteiger partial charge in [0.15, 0.2) is 5.11 Å². The number of hydrogen-bond acceptors (Lipinski definition) is 3. The van der Waals surface area contributed by atoms with Crippen molar-refractivity contribution in [1.82, 2.24) is 0 Å². The molecule has 3 aromatic carbocycles. The fraction of sp³-hybridized carbons (Fsp3) is 0.227. The van der Waals surface area contributed by atoms with Crippen molar-refractivity contribution < 1.29 is 9.47 Å². The van der Waals surface area contributed by atoms with E-state index < -0.39 is 0 Å². The van der Waals surface area contributed by atoms with Crippen molar-refractivity contribution in [3.8, 4) is 11.5 Å². The molecule has 3 aromatic rings. The monoisotopic (exact) mass is 380 g/mol. The van der Waals surface area contributed by atoms with Crippen LogP contribution in [-0.2, 0) is 0 Å². The van der Waals surface area contributed by atoms with Crippen LogP contribution < -0.4 is 20.5 Å². The second-order valence-corrected chi connectivity index (χ2v) is 6.72. The standard InChI is InChI=1S/C22H24N2O2S/c23-22(27)24-19-9-6-10-20(16-19)25-13-4-1-5-14-26-21-12-11-17-7-2-3-8-18(17)15-21/h2-3,6-12,15-16H,1,4-5,13-14H2,(H3,23,24,27). The van der Waals surface area contributed by atoms with Crippen LogP contribution >= 0.6 is 12.2 Å². The van der Waals surface area contributed by atoms with Crippen molar-refractivity contribution in [2.24, 2.45) is 5.73 Å². The first-order valence-corrected chi connectivity index (χ1v) is 9.52. The Morgan fingerprint density at radius 1 is 0.778 bits per heavy atom. The quantitative estimate of drug-likeness (QED) is 0.398. The maximum Gasteiger partial charge on any atom is 0.168 e. The summed E-state index contributed by atoms with van der Waals surface area (Å²) in [5.74, 6) is 1.73. The molecular weight excluding hydrogens is 356 g/mol. The molecule has 0 heterocycles. The summed E-state index contributed by atoms with van der Waals surface area (Å²) in [5.41, 5.74) is 6.32. The van der Waals surface area contributed by atoms with Crippen LogP contribution in [0.15, 0.2) is 66.7 Å². The van der Waals surface area contributed by atoms with Crippen LogP contribution in [0.4, 0.5) is 5.69 Å². The van der Waals surface area contributed by atoms with Gasteiger partial charge in [0.2, 0.25) is 0 Å². The van der Waals surface area contributed by atoms with Crippen LogP contribution in [-0.4, -0.2) is 18.3 Å². The van der Waals surface area contributed by atoms with E-state index in [0.29, 0.717) is 13.2 Å². The van der Waals surface area contributed by atoms with Crippen molar-refractivity contribution >= 4 is 33.8 Å². The van der Waals surface area contributed by atoms with Crippen molar-refractivity contribution in [1.29, 1.82) is 0 Å². The van der Waals surface area contributed by atoms with Crippen molar-refractivity contribution in [2.45, 2.75) is 19.3 Å². The highest BCUT2D eigenvalue weighted by atomic mass is 32.1. The third-order valence-corrected chi connectivity index (χ3v) is 4.25. The van der Waals surface area contributed by atoms with Gasteiger partial charge in [-0.25, -0.2) is 0 Å². The molecule has 0 atom stereocenters. The van der Waals surface area contributed by atoms with Crippen LogP contribution in [0.1, 0.15) is 19.3 Å². The highest BCUT2D eigenvalue weighted by molar-refractivity contribution is 7.80. The Morgan fingerprint density at radius 3 is 2.22 bits per heavy atom. The Kier molecular flexibility index (Phi) is 6.88. The number of ether oxygens (including phenoxy) is 2. The van der Waals surface area contributed by atoms with Crippen molar-refractivity contribution in [3.05, 3.63) is 66.7 Å². The van der Waals surface area contributed by atoms with Gasteiger partial charge in [0.1, 0.15) is 11.5 Å². The minimum Gasteiger partial charge on any atom is -0.494 e. The zero-order valence-electron chi connectivity index (χ0n) is 15.2. The van der Waals surface area contributed by atoms with Crippen LogP contribution in [0.3, 0.4) is 0 Å². The van der Waals surface area contributed by atoms with E-state index in [1.165, 1.54) is 10.8 Å². The lowest BCUT2D eigenvalue weighted by molar-refractivity contribution is 0.279. The van der Waals surface area contributed by atoms with Gasteiger partial charge in [-0.2, -0.15) is 0 Å². The Hall–Kier alpha value is -2.79. The van der Waals surface area contributed by atoms with E-state index in [-0.39, 0.29) is 5.11 Å². The zero-order chi connectivity index (χ0) is 18.9. The summed E-state index contributed by atoms with van der Waals surface area (Å²) in [6, 6.07) is 22.1. The van der Waals surface area contributed by atoms with Gasteiger partial charge < -0.3 is 20.5 Å². The first kappa shape index (κ1) is 19.0. The molecule has 3 N–H and O–H groups in total. The SMILES string of the molecule is NC(=S)Nc1cccc(OCCCCCOc2ccc3ccccc3c2)c1. The number of fused-ring (bicyclic) bond motifs is 1. The fourth-order valence-electron chi connectivity index (χ4n) is 2.82. The molecule has 0 saturated heterocycles. The Bertz CT molecular complexity index is 898. The Balaban J connectivity index is 1.33. The summed E-state index contributed by atoms with van der Waals surface area (Å²) >= 11 is 4.84. The van der Waals surface area contributed by atoms with E-state index in [1.54, 1.807) is 0 Å². The molecule has 0 aliphatic rings. The summed E-state index contributed by atoms with van der Waals surface area (Å²) in [5, 5.41) is 5.59. The van der Waals surface area contributed by atoms with Gasteiger partial charge in [-0.3, -0.25) is 0 Å². The highest BCUT2D eigenvalue weighted by Crippen LogP contribution is 2.21. The number of benzene rings is 3. The van der Waals surface area contributed by atoms with Crippen molar-refractivity contribution in [3.63, 3.8) is 0 Å². The summed E-state index contributed by atoms with van der Waals surface area (Å²) in [4.78, 5) is 0. The van der Waals surface area contributed by atoms with Gasteiger partial charge in [-0.15, -0.1) is 0 Å². The molecule has 0 radical (unpaired) electrons. The smallest absolute Gasteiger partial charge is 0.168 e. The predicted molar refractivity (Wildman–Crippen MR) is 116 cm³/mol. The fourth-order valence-corrected chi connectivity index (χ4v) is 2.94. The Labute approximate surface area is 165 Å². The largest absolute Gasteiger partial charge is 0.494 e. The molecule has 0 aromatic heterocycles. The van der Waals surface area contributed by atoms with Gasteiger partial charge in [0, 0.05) is 11.8 Å². The maximum absolute atomic E-state index is 5.86. The summed E-state index contributed by atoms with van der Waals surface area (Å²) in [7, 11) is 0. The van der Waals surface area contributed by atoms with Crippen LogP contribution in [0.5, 0.6) is 11.5 Å². The molecule has 140 valence electrons. The van der Waals surface area contributed by atoms with Gasteiger partial charge in [-0.05, 0) is 66.5 Å². The molecule has 5 heteroatoms. The lowest BCUT2D eigenvalue weighted by Crippen LogP contribution is -2.18. The number of rotatable bonds is 9. The molecule has 0 amide bonds. The molecule has 0 saturated carbocycles. The Morgan fingerprint density at radius 2 is 1.48 bits per heavy atom. The second kappa shape index (κ2) is 9.78. The molecule has 0 spiro atoms. The zero-order valence-corrected chi connectivity index (χ0v) is 16.0. The third-order valence-electron chi connectivity index (χ3n) is 4.15. The average Bonchev–Trinajstić information content (AvgIpc) is 2.67. The van der Waals surface area contributed by atoms with Crippen LogP contribution in [0.2, 0.25) is 0 Å². The predicted octanol–water partition coefficient (Wildman–Crippen LogP) is 5.12. The highest BCUT2D eigenvalue weighted by Gasteiger charge is 1.99. The molecule has 0 unspecified atom stereocenters. The third kappa shape index (κ3) is 6.15. The van der Waals surface area contributed by atoms with Gasteiger partial charge >= 0.3 is 0 Å². The number of anilines is 1. The van der Waals surface area contributed by atoms with E-state index in [9.17, 15) is 0 Å². The molecule has 0 aliphatic heterocycles.